The third-order valence-electron chi connectivity index (χ3n) is 3.16. The van der Waals surface area contributed by atoms with Crippen LogP contribution >= 0.6 is 0 Å². The topological polar surface area (TPSA) is 61.4 Å². The molecule has 18 heavy (non-hydrogen) atoms. The van der Waals surface area contributed by atoms with Crippen LogP contribution in [0.4, 0.5) is 4.79 Å². The molecular formula is C13H21N3O2. The van der Waals surface area contributed by atoms with Gasteiger partial charge in [-0.2, -0.15) is 0 Å². The van der Waals surface area contributed by atoms with Gasteiger partial charge >= 0.3 is 6.03 Å². The highest BCUT2D eigenvalue weighted by Crippen LogP contribution is 2.17. The Morgan fingerprint density at radius 1 is 1.50 bits per heavy atom. The zero-order valence-corrected chi connectivity index (χ0v) is 11.0. The monoisotopic (exact) mass is 251 g/mol. The summed E-state index contributed by atoms with van der Waals surface area (Å²) in [6.45, 7) is 4.67. The van der Waals surface area contributed by atoms with Gasteiger partial charge in [-0.05, 0) is 33.1 Å². The van der Waals surface area contributed by atoms with Crippen molar-refractivity contribution in [3.05, 3.63) is 0 Å². The highest BCUT2D eigenvalue weighted by molar-refractivity contribution is 5.87. The van der Waals surface area contributed by atoms with Gasteiger partial charge in [0.1, 0.15) is 6.04 Å². The summed E-state index contributed by atoms with van der Waals surface area (Å²) in [5.74, 6) is 2.27. The molecule has 1 aliphatic heterocycles. The Morgan fingerprint density at radius 3 is 2.83 bits per heavy atom. The molecule has 100 valence electrons. The molecule has 1 rings (SSSR count). The molecule has 1 heterocycles. The Balaban J connectivity index is 2.45. The molecule has 5 heteroatoms. The first-order valence-corrected chi connectivity index (χ1v) is 6.34. The van der Waals surface area contributed by atoms with Crippen LogP contribution < -0.4 is 10.6 Å². The number of carbonyl (C=O) groups is 2. The van der Waals surface area contributed by atoms with Crippen LogP contribution in [0.2, 0.25) is 0 Å². The first kappa shape index (κ1) is 14.4. The normalized spacial score (nSPS) is 20.7. The Labute approximate surface area is 108 Å². The number of amides is 3. The lowest BCUT2D eigenvalue weighted by Gasteiger charge is -2.35. The molecule has 0 aromatic rings. The molecule has 1 saturated heterocycles. The van der Waals surface area contributed by atoms with Crippen LogP contribution in [0.15, 0.2) is 0 Å². The van der Waals surface area contributed by atoms with E-state index in [-0.39, 0.29) is 18.5 Å². The summed E-state index contributed by atoms with van der Waals surface area (Å²) in [5.41, 5.74) is 0. The van der Waals surface area contributed by atoms with Crippen molar-refractivity contribution < 1.29 is 9.59 Å². The second kappa shape index (κ2) is 6.90. The maximum absolute atomic E-state index is 12.2. The van der Waals surface area contributed by atoms with Crippen LogP contribution in [0.5, 0.6) is 0 Å². The standard InChI is InChI=1S/C13H21N3O2/c1-4-8-14-13(18)15-11(3)12(17)16-9-6-5-7-10(16)2/h1,10-11H,5-9H2,2-3H3,(H2,14,15,18)/t10-,11-/m1/s1. The largest absolute Gasteiger partial charge is 0.338 e. The molecule has 2 N–H and O–H groups in total. The Hall–Kier alpha value is -1.70. The number of nitrogens with one attached hydrogen (secondary N) is 2. The molecule has 0 saturated carbocycles. The van der Waals surface area contributed by atoms with E-state index in [9.17, 15) is 9.59 Å². The lowest BCUT2D eigenvalue weighted by molar-refractivity contribution is -0.136. The van der Waals surface area contributed by atoms with E-state index in [0.29, 0.717) is 0 Å². The fraction of sp³-hybridized carbons (Fsp3) is 0.692. The molecule has 0 radical (unpaired) electrons. The van der Waals surface area contributed by atoms with E-state index < -0.39 is 12.1 Å². The first-order chi connectivity index (χ1) is 8.56. The Morgan fingerprint density at radius 2 is 2.22 bits per heavy atom. The van der Waals surface area contributed by atoms with Crippen molar-refractivity contribution in [1.29, 1.82) is 0 Å². The number of terminal acetylenes is 1. The molecule has 0 aromatic carbocycles. The zero-order valence-electron chi connectivity index (χ0n) is 11.0. The van der Waals surface area contributed by atoms with E-state index in [4.69, 9.17) is 6.42 Å². The molecule has 0 aromatic heterocycles. The van der Waals surface area contributed by atoms with Gasteiger partial charge in [-0.1, -0.05) is 5.92 Å². The highest BCUT2D eigenvalue weighted by atomic mass is 16.2. The number of hydrogen-bond acceptors (Lipinski definition) is 2. The van der Waals surface area contributed by atoms with Gasteiger partial charge in [-0.25, -0.2) is 4.79 Å². The van der Waals surface area contributed by atoms with Crippen molar-refractivity contribution in [2.45, 2.75) is 45.2 Å². The van der Waals surface area contributed by atoms with Crippen molar-refractivity contribution in [2.24, 2.45) is 0 Å². The molecule has 2 atom stereocenters. The van der Waals surface area contributed by atoms with Gasteiger partial charge in [0.25, 0.3) is 0 Å². The lowest BCUT2D eigenvalue weighted by atomic mass is 10.0. The van der Waals surface area contributed by atoms with Gasteiger partial charge in [0.05, 0.1) is 6.54 Å². The summed E-state index contributed by atoms with van der Waals surface area (Å²) < 4.78 is 0. The van der Waals surface area contributed by atoms with Gasteiger partial charge in [0.15, 0.2) is 0 Å². The summed E-state index contributed by atoms with van der Waals surface area (Å²) in [5, 5.41) is 5.07. The third-order valence-corrected chi connectivity index (χ3v) is 3.16. The van der Waals surface area contributed by atoms with Crippen LogP contribution in [-0.2, 0) is 4.79 Å². The molecule has 0 aliphatic carbocycles. The predicted molar refractivity (Wildman–Crippen MR) is 69.9 cm³/mol. The Bertz CT molecular complexity index is 349. The van der Waals surface area contributed by atoms with Crippen molar-refractivity contribution in [3.63, 3.8) is 0 Å². The number of carbonyl (C=O) groups excluding carboxylic acids is 2. The van der Waals surface area contributed by atoms with Crippen LogP contribution in [0, 0.1) is 12.3 Å². The second-order valence-corrected chi connectivity index (χ2v) is 4.63. The van der Waals surface area contributed by atoms with Crippen LogP contribution in [0.25, 0.3) is 0 Å². The van der Waals surface area contributed by atoms with Crippen molar-refractivity contribution in [3.8, 4) is 12.3 Å². The average molecular weight is 251 g/mol. The minimum absolute atomic E-state index is 0.0296. The smallest absolute Gasteiger partial charge is 0.316 e. The minimum Gasteiger partial charge on any atom is -0.338 e. The Kier molecular flexibility index (Phi) is 5.50. The fourth-order valence-corrected chi connectivity index (χ4v) is 2.11. The van der Waals surface area contributed by atoms with Gasteiger partial charge in [0.2, 0.25) is 5.91 Å². The summed E-state index contributed by atoms with van der Waals surface area (Å²) in [7, 11) is 0. The zero-order chi connectivity index (χ0) is 13.5. The van der Waals surface area contributed by atoms with Crippen molar-refractivity contribution >= 4 is 11.9 Å². The summed E-state index contributed by atoms with van der Waals surface area (Å²) >= 11 is 0. The summed E-state index contributed by atoms with van der Waals surface area (Å²) in [4.78, 5) is 25.4. The van der Waals surface area contributed by atoms with E-state index >= 15 is 0 Å². The summed E-state index contributed by atoms with van der Waals surface area (Å²) in [6, 6.07) is -0.675. The highest BCUT2D eigenvalue weighted by Gasteiger charge is 2.27. The number of piperidine rings is 1. The second-order valence-electron chi connectivity index (χ2n) is 4.63. The van der Waals surface area contributed by atoms with Crippen LogP contribution in [0.1, 0.15) is 33.1 Å². The van der Waals surface area contributed by atoms with Gasteiger partial charge in [0, 0.05) is 12.6 Å². The van der Waals surface area contributed by atoms with Crippen molar-refractivity contribution in [1.82, 2.24) is 15.5 Å². The van der Waals surface area contributed by atoms with E-state index in [1.807, 2.05) is 11.8 Å². The van der Waals surface area contributed by atoms with E-state index in [0.717, 1.165) is 25.8 Å². The quantitative estimate of drug-likeness (QED) is 0.726. The molecular weight excluding hydrogens is 230 g/mol. The molecule has 0 unspecified atom stereocenters. The first-order valence-electron chi connectivity index (χ1n) is 6.34. The number of likely N-dealkylation sites (tertiary alicyclic amines) is 1. The lowest BCUT2D eigenvalue weighted by Crippen LogP contribution is -2.53. The molecule has 0 spiro atoms. The average Bonchev–Trinajstić information content (AvgIpc) is 2.36. The third kappa shape index (κ3) is 3.95. The van der Waals surface area contributed by atoms with Gasteiger partial charge in [-0.15, -0.1) is 6.42 Å². The number of nitrogens with zero attached hydrogens (tertiary/aromatic N) is 1. The number of urea groups is 1. The van der Waals surface area contributed by atoms with Gasteiger partial charge < -0.3 is 15.5 Å². The molecule has 1 aliphatic rings. The number of hydrogen-bond donors (Lipinski definition) is 2. The van der Waals surface area contributed by atoms with Gasteiger partial charge in [-0.3, -0.25) is 4.79 Å². The SMILES string of the molecule is C#CCNC(=O)N[C@H](C)C(=O)N1CCCC[C@H]1C. The minimum atomic E-state index is -0.525. The van der Waals surface area contributed by atoms with E-state index in [2.05, 4.69) is 16.6 Å². The fourth-order valence-electron chi connectivity index (χ4n) is 2.11. The molecule has 3 amide bonds. The van der Waals surface area contributed by atoms with Crippen LogP contribution in [-0.4, -0.2) is 42.0 Å². The number of rotatable bonds is 3. The van der Waals surface area contributed by atoms with E-state index in [1.165, 1.54) is 0 Å². The maximum atomic E-state index is 12.2. The molecule has 5 nitrogen and oxygen atoms in total. The van der Waals surface area contributed by atoms with Crippen LogP contribution in [0.3, 0.4) is 0 Å². The predicted octanol–water partition coefficient (Wildman–Crippen LogP) is 0.708. The van der Waals surface area contributed by atoms with Crippen molar-refractivity contribution in [2.75, 3.05) is 13.1 Å². The maximum Gasteiger partial charge on any atom is 0.316 e. The van der Waals surface area contributed by atoms with E-state index in [1.54, 1.807) is 6.92 Å². The summed E-state index contributed by atoms with van der Waals surface area (Å²) in [6.07, 6.45) is 8.26. The molecule has 1 fully saturated rings. The molecule has 0 bridgehead atoms.